The van der Waals surface area contributed by atoms with Gasteiger partial charge in [-0.3, -0.25) is 9.59 Å². The number of carbonyl (C=O) groups is 2. The molecule has 1 N–H and O–H groups in total. The minimum atomic E-state index is -0.681. The first-order valence-corrected chi connectivity index (χ1v) is 8.22. The first-order chi connectivity index (χ1) is 11.2. The molecule has 1 aliphatic carbocycles. The lowest BCUT2D eigenvalue weighted by atomic mass is 10.2. The molecule has 0 bridgehead atoms. The molecule has 122 valence electrons. The van der Waals surface area contributed by atoms with Gasteiger partial charge in [-0.05, 0) is 37.8 Å². The number of nitrogens with one attached hydrogen (secondary N) is 1. The molecule has 23 heavy (non-hydrogen) atoms. The molecular formula is C17H20N2O4. The number of rotatable bonds is 3. The van der Waals surface area contributed by atoms with Crippen molar-refractivity contribution >= 4 is 11.8 Å². The molecule has 4 rings (SSSR count). The summed E-state index contributed by atoms with van der Waals surface area (Å²) in [5.41, 5.74) is 0. The number of likely N-dealkylation sites (tertiary alicyclic amines) is 1. The van der Waals surface area contributed by atoms with Crippen molar-refractivity contribution in [1.29, 1.82) is 0 Å². The Kier molecular flexibility index (Phi) is 3.59. The average molecular weight is 316 g/mol. The SMILES string of the molecule is O=C(NC1CC1)C1CCCN1C(=O)C1COc2ccccc2O1. The number of carbonyl (C=O) groups excluding carboxylic acids is 2. The summed E-state index contributed by atoms with van der Waals surface area (Å²) in [6.07, 6.45) is 2.97. The third kappa shape index (κ3) is 2.85. The molecule has 1 aromatic carbocycles. The van der Waals surface area contributed by atoms with Crippen molar-refractivity contribution in [2.75, 3.05) is 13.2 Å². The number of hydrogen-bond acceptors (Lipinski definition) is 4. The lowest BCUT2D eigenvalue weighted by molar-refractivity contribution is -0.146. The molecule has 1 saturated heterocycles. The number of benzene rings is 1. The van der Waals surface area contributed by atoms with Gasteiger partial charge in [0.05, 0.1) is 0 Å². The summed E-state index contributed by atoms with van der Waals surface area (Å²) >= 11 is 0. The van der Waals surface area contributed by atoms with Gasteiger partial charge in [0.15, 0.2) is 11.5 Å². The Morgan fingerprint density at radius 2 is 1.91 bits per heavy atom. The van der Waals surface area contributed by atoms with Crippen LogP contribution in [0.15, 0.2) is 24.3 Å². The van der Waals surface area contributed by atoms with E-state index in [2.05, 4.69) is 5.32 Å². The van der Waals surface area contributed by atoms with Gasteiger partial charge in [-0.1, -0.05) is 12.1 Å². The van der Waals surface area contributed by atoms with E-state index >= 15 is 0 Å². The first-order valence-electron chi connectivity index (χ1n) is 8.22. The highest BCUT2D eigenvalue weighted by Gasteiger charge is 2.40. The predicted molar refractivity (Wildman–Crippen MR) is 82.3 cm³/mol. The van der Waals surface area contributed by atoms with Crippen molar-refractivity contribution in [2.24, 2.45) is 0 Å². The van der Waals surface area contributed by atoms with Crippen LogP contribution in [0.3, 0.4) is 0 Å². The second kappa shape index (κ2) is 5.76. The summed E-state index contributed by atoms with van der Waals surface area (Å²) in [6, 6.07) is 7.25. The van der Waals surface area contributed by atoms with Gasteiger partial charge < -0.3 is 19.7 Å². The second-order valence-corrected chi connectivity index (χ2v) is 6.34. The van der Waals surface area contributed by atoms with Crippen LogP contribution in [-0.2, 0) is 9.59 Å². The maximum absolute atomic E-state index is 12.8. The lowest BCUT2D eigenvalue weighted by Gasteiger charge is -2.31. The highest BCUT2D eigenvalue weighted by Crippen LogP contribution is 2.32. The summed E-state index contributed by atoms with van der Waals surface area (Å²) in [7, 11) is 0. The van der Waals surface area contributed by atoms with Gasteiger partial charge in [0, 0.05) is 12.6 Å². The molecule has 6 nitrogen and oxygen atoms in total. The van der Waals surface area contributed by atoms with Crippen LogP contribution >= 0.6 is 0 Å². The molecule has 2 atom stereocenters. The maximum Gasteiger partial charge on any atom is 0.267 e. The van der Waals surface area contributed by atoms with Crippen LogP contribution in [0.4, 0.5) is 0 Å². The quantitative estimate of drug-likeness (QED) is 0.906. The number of amides is 2. The minimum Gasteiger partial charge on any atom is -0.485 e. The van der Waals surface area contributed by atoms with E-state index in [1.807, 2.05) is 18.2 Å². The van der Waals surface area contributed by atoms with Crippen molar-refractivity contribution < 1.29 is 19.1 Å². The summed E-state index contributed by atoms with van der Waals surface area (Å²) in [5, 5.41) is 2.99. The molecule has 1 saturated carbocycles. The topological polar surface area (TPSA) is 67.9 Å². The summed E-state index contributed by atoms with van der Waals surface area (Å²) in [6.45, 7) is 0.784. The van der Waals surface area contributed by atoms with Crippen molar-refractivity contribution in [3.05, 3.63) is 24.3 Å². The number of fused-ring (bicyclic) bond motifs is 1. The van der Waals surface area contributed by atoms with Crippen molar-refractivity contribution in [1.82, 2.24) is 10.2 Å². The predicted octanol–water partition coefficient (Wildman–Crippen LogP) is 1.10. The Balaban J connectivity index is 1.44. The van der Waals surface area contributed by atoms with E-state index in [9.17, 15) is 9.59 Å². The zero-order chi connectivity index (χ0) is 15.8. The monoisotopic (exact) mass is 316 g/mol. The molecule has 6 heteroatoms. The first kappa shape index (κ1) is 14.4. The van der Waals surface area contributed by atoms with Crippen LogP contribution in [0, 0.1) is 0 Å². The summed E-state index contributed by atoms with van der Waals surface area (Å²) in [5.74, 6) is 1.04. The number of nitrogens with zero attached hydrogens (tertiary/aromatic N) is 1. The Morgan fingerprint density at radius 3 is 2.70 bits per heavy atom. The third-order valence-corrected chi connectivity index (χ3v) is 4.55. The standard InChI is InChI=1S/C17H20N2O4/c20-16(18-11-7-8-11)12-4-3-9-19(12)17(21)15-10-22-13-5-1-2-6-14(13)23-15/h1-2,5-6,11-12,15H,3-4,7-10H2,(H,18,20). The van der Waals surface area contributed by atoms with Crippen molar-refractivity contribution in [3.8, 4) is 11.5 Å². The van der Waals surface area contributed by atoms with Crippen LogP contribution in [0.25, 0.3) is 0 Å². The van der Waals surface area contributed by atoms with Crippen LogP contribution in [0.1, 0.15) is 25.7 Å². The summed E-state index contributed by atoms with van der Waals surface area (Å²) in [4.78, 5) is 26.7. The third-order valence-electron chi connectivity index (χ3n) is 4.55. The Hall–Kier alpha value is -2.24. The molecule has 2 fully saturated rings. The van der Waals surface area contributed by atoms with Gasteiger partial charge in [0.1, 0.15) is 12.6 Å². The molecule has 2 amide bonds. The van der Waals surface area contributed by atoms with Crippen LogP contribution in [0.5, 0.6) is 11.5 Å². The smallest absolute Gasteiger partial charge is 0.267 e. The van der Waals surface area contributed by atoms with Gasteiger partial charge in [0.25, 0.3) is 5.91 Å². The summed E-state index contributed by atoms with van der Waals surface area (Å²) < 4.78 is 11.4. The van der Waals surface area contributed by atoms with Gasteiger partial charge in [-0.2, -0.15) is 0 Å². The van der Waals surface area contributed by atoms with Crippen LogP contribution < -0.4 is 14.8 Å². The second-order valence-electron chi connectivity index (χ2n) is 6.34. The van der Waals surface area contributed by atoms with Crippen LogP contribution in [0.2, 0.25) is 0 Å². The minimum absolute atomic E-state index is 0.0320. The number of para-hydroxylation sites is 2. The van der Waals surface area contributed by atoms with Gasteiger partial charge >= 0.3 is 0 Å². The highest BCUT2D eigenvalue weighted by atomic mass is 16.6. The molecular weight excluding hydrogens is 296 g/mol. The molecule has 0 aromatic heterocycles. The molecule has 3 aliphatic rings. The largest absolute Gasteiger partial charge is 0.485 e. The lowest BCUT2D eigenvalue weighted by Crippen LogP contribution is -2.52. The Labute approximate surface area is 134 Å². The number of ether oxygens (including phenoxy) is 2. The highest BCUT2D eigenvalue weighted by molar-refractivity contribution is 5.90. The fourth-order valence-corrected chi connectivity index (χ4v) is 3.15. The number of hydrogen-bond donors (Lipinski definition) is 1. The van der Waals surface area contributed by atoms with Crippen LogP contribution in [-0.4, -0.2) is 48.1 Å². The maximum atomic E-state index is 12.8. The molecule has 0 spiro atoms. The van der Waals surface area contributed by atoms with E-state index in [0.29, 0.717) is 30.5 Å². The molecule has 1 aromatic rings. The molecule has 2 unspecified atom stereocenters. The van der Waals surface area contributed by atoms with E-state index in [1.54, 1.807) is 11.0 Å². The molecule has 2 heterocycles. The van der Waals surface area contributed by atoms with E-state index in [4.69, 9.17) is 9.47 Å². The molecule has 2 aliphatic heterocycles. The molecule has 0 radical (unpaired) electrons. The van der Waals surface area contributed by atoms with Gasteiger partial charge in [0.2, 0.25) is 12.0 Å². The van der Waals surface area contributed by atoms with Gasteiger partial charge in [-0.25, -0.2) is 0 Å². The Morgan fingerprint density at radius 1 is 1.13 bits per heavy atom. The van der Waals surface area contributed by atoms with E-state index < -0.39 is 6.10 Å². The fourth-order valence-electron chi connectivity index (χ4n) is 3.15. The van der Waals surface area contributed by atoms with Crippen molar-refractivity contribution in [3.63, 3.8) is 0 Å². The van der Waals surface area contributed by atoms with E-state index in [-0.39, 0.29) is 24.5 Å². The normalized spacial score (nSPS) is 26.0. The average Bonchev–Trinajstić information content (AvgIpc) is 3.25. The van der Waals surface area contributed by atoms with Crippen molar-refractivity contribution in [2.45, 2.75) is 43.9 Å². The zero-order valence-corrected chi connectivity index (χ0v) is 12.9. The zero-order valence-electron chi connectivity index (χ0n) is 12.9. The fraction of sp³-hybridized carbons (Fsp3) is 0.529. The van der Waals surface area contributed by atoms with Gasteiger partial charge in [-0.15, -0.1) is 0 Å². The van der Waals surface area contributed by atoms with E-state index in [1.165, 1.54) is 0 Å². The Bertz CT molecular complexity index is 629. The van der Waals surface area contributed by atoms with E-state index in [0.717, 1.165) is 19.3 Å².